The predicted molar refractivity (Wildman–Crippen MR) is 158 cm³/mol. The molecule has 40 heavy (non-hydrogen) atoms. The number of allylic oxidation sites excluding steroid dienone is 1. The number of carbonyl (C=O) groups is 1. The van der Waals surface area contributed by atoms with Crippen molar-refractivity contribution < 1.29 is 22.7 Å². The molecule has 0 unspecified atom stereocenters. The molecule has 9 nitrogen and oxygen atoms in total. The van der Waals surface area contributed by atoms with Crippen LogP contribution in [-0.2, 0) is 16.6 Å². The fourth-order valence-electron chi connectivity index (χ4n) is 4.66. The number of carbonyl (C=O) groups excluding carboxylic acids is 1. The number of hydrogen-bond donors (Lipinski definition) is 1. The summed E-state index contributed by atoms with van der Waals surface area (Å²) in [5.41, 5.74) is 2.90. The van der Waals surface area contributed by atoms with E-state index < -0.39 is 10.0 Å². The van der Waals surface area contributed by atoms with Crippen molar-refractivity contribution in [1.82, 2.24) is 9.80 Å². The lowest BCUT2D eigenvalue weighted by atomic mass is 10.1. The molecule has 0 aliphatic carbocycles. The Kier molecular flexibility index (Phi) is 9.23. The van der Waals surface area contributed by atoms with Crippen LogP contribution in [0.25, 0.3) is 6.08 Å². The zero-order valence-electron chi connectivity index (χ0n) is 23.0. The molecular formula is C30H34N4O5S. The van der Waals surface area contributed by atoms with Crippen LogP contribution in [0.5, 0.6) is 11.5 Å². The SMILES string of the molecule is C=Nc1c(/C=C\C)cccc1S(=O)(=O)Nc1ccc(C(=O)N2CCN(Cc3ccc(OC)c(OC)c3)CC2)cc1. The number of aliphatic imine (C=N–C) groups is 1. The molecule has 1 heterocycles. The van der Waals surface area contributed by atoms with Gasteiger partial charge >= 0.3 is 0 Å². The second-order valence-corrected chi connectivity index (χ2v) is 10.9. The minimum absolute atomic E-state index is 0.0317. The van der Waals surface area contributed by atoms with Crippen LogP contribution in [0.3, 0.4) is 0 Å². The molecule has 1 aliphatic rings. The van der Waals surface area contributed by atoms with Gasteiger partial charge in [0.05, 0.1) is 19.9 Å². The van der Waals surface area contributed by atoms with Crippen LogP contribution in [0.4, 0.5) is 11.4 Å². The van der Waals surface area contributed by atoms with Crippen molar-refractivity contribution >= 4 is 40.1 Å². The zero-order chi connectivity index (χ0) is 28.7. The Morgan fingerprint density at radius 1 is 1.00 bits per heavy atom. The molecule has 210 valence electrons. The average Bonchev–Trinajstić information content (AvgIpc) is 2.97. The Balaban J connectivity index is 1.37. The molecule has 0 radical (unpaired) electrons. The Hall–Kier alpha value is -4.15. The number of sulfonamides is 1. The van der Waals surface area contributed by atoms with Crippen LogP contribution in [-0.4, -0.2) is 71.2 Å². The number of amides is 1. The highest BCUT2D eigenvalue weighted by Crippen LogP contribution is 2.31. The van der Waals surface area contributed by atoms with Gasteiger partial charge in [0.1, 0.15) is 4.90 Å². The summed E-state index contributed by atoms with van der Waals surface area (Å²) >= 11 is 0. The van der Waals surface area contributed by atoms with E-state index in [0.717, 1.165) is 25.2 Å². The number of nitrogens with zero attached hydrogens (tertiary/aromatic N) is 3. The molecule has 10 heteroatoms. The van der Waals surface area contributed by atoms with Gasteiger partial charge in [0.25, 0.3) is 15.9 Å². The molecule has 4 rings (SSSR count). The van der Waals surface area contributed by atoms with Gasteiger partial charge < -0.3 is 14.4 Å². The third-order valence-corrected chi connectivity index (χ3v) is 8.13. The number of benzene rings is 3. The van der Waals surface area contributed by atoms with E-state index >= 15 is 0 Å². The van der Waals surface area contributed by atoms with E-state index in [4.69, 9.17) is 9.47 Å². The first kappa shape index (κ1) is 28.8. The molecule has 1 aliphatic heterocycles. The normalized spacial score (nSPS) is 14.2. The van der Waals surface area contributed by atoms with E-state index in [0.29, 0.717) is 41.4 Å². The van der Waals surface area contributed by atoms with E-state index in [2.05, 4.69) is 21.3 Å². The number of hydrogen-bond acceptors (Lipinski definition) is 7. The first-order chi connectivity index (χ1) is 19.3. The van der Waals surface area contributed by atoms with Gasteiger partial charge in [-0.15, -0.1) is 0 Å². The zero-order valence-corrected chi connectivity index (χ0v) is 23.8. The summed E-state index contributed by atoms with van der Waals surface area (Å²) in [5.74, 6) is 1.30. The Morgan fingerprint density at radius 2 is 1.70 bits per heavy atom. The summed E-state index contributed by atoms with van der Waals surface area (Å²) in [6, 6.07) is 17.3. The van der Waals surface area contributed by atoms with Gasteiger partial charge in [0.15, 0.2) is 11.5 Å². The number of methoxy groups -OCH3 is 2. The van der Waals surface area contributed by atoms with E-state index in [-0.39, 0.29) is 16.5 Å². The fraction of sp³-hybridized carbons (Fsp3) is 0.267. The molecule has 0 saturated carbocycles. The molecule has 3 aromatic rings. The van der Waals surface area contributed by atoms with Gasteiger partial charge in [-0.05, 0) is 61.7 Å². The quantitative estimate of drug-likeness (QED) is 0.356. The lowest BCUT2D eigenvalue weighted by molar-refractivity contribution is 0.0628. The number of ether oxygens (including phenoxy) is 2. The largest absolute Gasteiger partial charge is 0.493 e. The summed E-state index contributed by atoms with van der Waals surface area (Å²) in [6.07, 6.45) is 3.58. The maximum Gasteiger partial charge on any atom is 0.264 e. The lowest BCUT2D eigenvalue weighted by Crippen LogP contribution is -2.48. The molecule has 1 fully saturated rings. The number of nitrogens with one attached hydrogen (secondary N) is 1. The molecule has 1 N–H and O–H groups in total. The highest BCUT2D eigenvalue weighted by Gasteiger charge is 2.24. The number of piperazine rings is 1. The van der Waals surface area contributed by atoms with Crippen molar-refractivity contribution in [3.05, 3.63) is 83.4 Å². The molecule has 0 aromatic heterocycles. The van der Waals surface area contributed by atoms with Crippen LogP contribution in [0.2, 0.25) is 0 Å². The summed E-state index contributed by atoms with van der Waals surface area (Å²) in [7, 11) is -0.693. The van der Waals surface area contributed by atoms with E-state index in [1.807, 2.05) is 36.1 Å². The Bertz CT molecular complexity index is 1490. The van der Waals surface area contributed by atoms with Crippen molar-refractivity contribution in [2.75, 3.05) is 45.1 Å². The molecule has 3 aromatic carbocycles. The van der Waals surface area contributed by atoms with Gasteiger partial charge in [0.2, 0.25) is 0 Å². The van der Waals surface area contributed by atoms with Crippen LogP contribution < -0.4 is 14.2 Å². The predicted octanol–water partition coefficient (Wildman–Crippen LogP) is 4.83. The summed E-state index contributed by atoms with van der Waals surface area (Å²) in [5, 5.41) is 0. The van der Waals surface area contributed by atoms with Gasteiger partial charge in [-0.1, -0.05) is 30.4 Å². The van der Waals surface area contributed by atoms with Crippen molar-refractivity contribution in [3.63, 3.8) is 0 Å². The standard InChI is InChI=1S/C30H34N4O5S/c1-5-7-23-8-6-9-28(29(23)31-2)40(36,37)32-25-13-11-24(12-14-25)30(35)34-18-16-33(17-19-34)21-22-10-15-26(38-3)27(20-22)39-4/h5-15,20,32H,2,16-19,21H2,1,3-4H3/b7-5-. The van der Waals surface area contributed by atoms with Crippen molar-refractivity contribution in [2.45, 2.75) is 18.4 Å². The van der Waals surface area contributed by atoms with Crippen LogP contribution >= 0.6 is 0 Å². The molecule has 1 saturated heterocycles. The van der Waals surface area contributed by atoms with Crippen LogP contribution in [0, 0.1) is 0 Å². The smallest absolute Gasteiger partial charge is 0.264 e. The summed E-state index contributed by atoms with van der Waals surface area (Å²) in [4.78, 5) is 21.2. The van der Waals surface area contributed by atoms with Crippen molar-refractivity contribution in [2.24, 2.45) is 4.99 Å². The van der Waals surface area contributed by atoms with Gasteiger partial charge in [-0.25, -0.2) is 8.42 Å². The van der Waals surface area contributed by atoms with E-state index in [9.17, 15) is 13.2 Å². The summed E-state index contributed by atoms with van der Waals surface area (Å²) in [6.45, 7) is 8.80. The van der Waals surface area contributed by atoms with Crippen LogP contribution in [0.15, 0.2) is 76.6 Å². The minimum Gasteiger partial charge on any atom is -0.493 e. The average molecular weight is 563 g/mol. The number of anilines is 1. The van der Waals surface area contributed by atoms with Crippen molar-refractivity contribution in [1.29, 1.82) is 0 Å². The maximum atomic E-state index is 13.1. The summed E-state index contributed by atoms with van der Waals surface area (Å²) < 4.78 is 39.5. The third-order valence-electron chi connectivity index (χ3n) is 6.72. The molecular weight excluding hydrogens is 528 g/mol. The molecule has 0 atom stereocenters. The molecule has 1 amide bonds. The Labute approximate surface area is 235 Å². The monoisotopic (exact) mass is 562 g/mol. The minimum atomic E-state index is -3.92. The number of rotatable bonds is 10. The third kappa shape index (κ3) is 6.52. The van der Waals surface area contributed by atoms with E-state index in [1.54, 1.807) is 56.7 Å². The topological polar surface area (TPSA) is 101 Å². The lowest BCUT2D eigenvalue weighted by Gasteiger charge is -2.35. The van der Waals surface area contributed by atoms with Gasteiger partial charge in [0, 0.05) is 49.5 Å². The second-order valence-electron chi connectivity index (χ2n) is 9.29. The van der Waals surface area contributed by atoms with Crippen LogP contribution in [0.1, 0.15) is 28.4 Å². The van der Waals surface area contributed by atoms with E-state index in [1.165, 1.54) is 6.07 Å². The highest BCUT2D eigenvalue weighted by atomic mass is 32.2. The fourth-order valence-corrected chi connectivity index (χ4v) is 5.91. The molecule has 0 bridgehead atoms. The van der Waals surface area contributed by atoms with Gasteiger partial charge in [-0.2, -0.15) is 0 Å². The second kappa shape index (κ2) is 12.8. The van der Waals surface area contributed by atoms with Crippen molar-refractivity contribution in [3.8, 4) is 11.5 Å². The first-order valence-corrected chi connectivity index (χ1v) is 14.4. The maximum absolute atomic E-state index is 13.1. The highest BCUT2D eigenvalue weighted by molar-refractivity contribution is 7.92. The van der Waals surface area contributed by atoms with Gasteiger partial charge in [-0.3, -0.25) is 19.4 Å². The molecule has 0 spiro atoms. The first-order valence-electron chi connectivity index (χ1n) is 12.9. The Morgan fingerprint density at radius 3 is 2.33 bits per heavy atom. The number of para-hydroxylation sites is 1.